The lowest BCUT2D eigenvalue weighted by Crippen LogP contribution is -2.20. The van der Waals surface area contributed by atoms with E-state index >= 15 is 0 Å². The number of urea groups is 1. The van der Waals surface area contributed by atoms with Gasteiger partial charge in [-0.25, -0.2) is 9.59 Å². The number of rotatable bonds is 5. The summed E-state index contributed by atoms with van der Waals surface area (Å²) in [5.41, 5.74) is 0.831. The Hall–Kier alpha value is -3.73. The Morgan fingerprint density at radius 1 is 1.16 bits per heavy atom. The molecule has 12 heteroatoms. The van der Waals surface area contributed by atoms with E-state index in [0.717, 1.165) is 17.7 Å². The van der Waals surface area contributed by atoms with E-state index in [1.54, 1.807) is 25.1 Å². The Kier molecular flexibility index (Phi) is 6.58. The summed E-state index contributed by atoms with van der Waals surface area (Å²) < 4.78 is 44.0. The number of anilines is 2. The third-order valence-electron chi connectivity index (χ3n) is 4.23. The number of hydrogen-bond acceptors (Lipinski definition) is 4. The van der Waals surface area contributed by atoms with E-state index in [9.17, 15) is 22.8 Å². The van der Waals surface area contributed by atoms with Gasteiger partial charge < -0.3 is 15.2 Å². The van der Waals surface area contributed by atoms with Gasteiger partial charge >= 0.3 is 24.4 Å². The molecule has 0 atom stereocenters. The van der Waals surface area contributed by atoms with Crippen LogP contribution in [0.2, 0.25) is 5.02 Å². The normalized spacial score (nSPS) is 11.2. The van der Waals surface area contributed by atoms with Gasteiger partial charge in [0.1, 0.15) is 0 Å². The van der Waals surface area contributed by atoms with Crippen molar-refractivity contribution < 1.29 is 32.6 Å². The molecule has 32 heavy (non-hydrogen) atoms. The predicted octanol–water partition coefficient (Wildman–Crippen LogP) is 5.61. The summed E-state index contributed by atoms with van der Waals surface area (Å²) in [6.45, 7) is 1.70. The van der Waals surface area contributed by atoms with Crippen LogP contribution in [0.25, 0.3) is 0 Å². The number of nitrogens with one attached hydrogen (secondary N) is 2. The first-order chi connectivity index (χ1) is 15.0. The number of carbonyl (C=O) groups is 2. The Balaban J connectivity index is 1.76. The van der Waals surface area contributed by atoms with Crippen molar-refractivity contribution in [3.05, 3.63) is 70.4 Å². The molecule has 3 aromatic rings. The zero-order valence-corrected chi connectivity index (χ0v) is 17.2. The fourth-order valence-corrected chi connectivity index (χ4v) is 2.99. The quantitative estimate of drug-likeness (QED) is 0.422. The van der Waals surface area contributed by atoms with Crippen molar-refractivity contribution in [2.45, 2.75) is 19.6 Å². The fraction of sp³-hybridized carbons (Fsp3) is 0.150. The van der Waals surface area contributed by atoms with E-state index in [-0.39, 0.29) is 18.4 Å². The number of aryl methyl sites for hydroxylation is 1. The van der Waals surface area contributed by atoms with Crippen LogP contribution in [0, 0.1) is 6.92 Å². The number of nitrogens with zero attached hydrogens (tertiary/aromatic N) is 2. The number of hydrogen-bond donors (Lipinski definition) is 3. The largest absolute Gasteiger partial charge is 0.513 e. The zero-order chi connectivity index (χ0) is 23.5. The number of carbonyl (C=O) groups excluding carboxylic acids is 1. The molecule has 0 saturated heterocycles. The Morgan fingerprint density at radius 3 is 2.44 bits per heavy atom. The molecular weight excluding hydrogens is 453 g/mol. The van der Waals surface area contributed by atoms with Gasteiger partial charge in [0.15, 0.2) is 5.82 Å². The van der Waals surface area contributed by atoms with Gasteiger partial charge in [-0.15, -0.1) is 0 Å². The second kappa shape index (κ2) is 9.18. The molecule has 1 aromatic heterocycles. The first-order valence-electron chi connectivity index (χ1n) is 8.99. The van der Waals surface area contributed by atoms with Crippen LogP contribution in [0.15, 0.2) is 48.7 Å². The first-order valence-corrected chi connectivity index (χ1v) is 9.37. The molecule has 8 nitrogen and oxygen atoms in total. The Labute approximate surface area is 184 Å². The van der Waals surface area contributed by atoms with Crippen molar-refractivity contribution in [1.29, 1.82) is 0 Å². The van der Waals surface area contributed by atoms with Gasteiger partial charge in [-0.05, 0) is 48.4 Å². The molecule has 0 radical (unpaired) electrons. The van der Waals surface area contributed by atoms with Crippen molar-refractivity contribution in [1.82, 2.24) is 9.55 Å². The third-order valence-corrected chi connectivity index (χ3v) is 4.47. The van der Waals surface area contributed by atoms with Gasteiger partial charge in [-0.2, -0.15) is 18.2 Å². The van der Waals surface area contributed by atoms with Gasteiger partial charge in [0.25, 0.3) is 0 Å². The van der Waals surface area contributed by atoms with Crippen LogP contribution in [0.5, 0.6) is 6.01 Å². The molecule has 0 aliphatic carbocycles. The summed E-state index contributed by atoms with van der Waals surface area (Å²) in [4.78, 5) is 27.1. The van der Waals surface area contributed by atoms with Gasteiger partial charge in [-0.1, -0.05) is 23.7 Å². The van der Waals surface area contributed by atoms with E-state index in [4.69, 9.17) is 16.7 Å². The van der Waals surface area contributed by atoms with E-state index in [1.165, 1.54) is 22.9 Å². The fourth-order valence-electron chi connectivity index (χ4n) is 2.77. The first kappa shape index (κ1) is 22.9. The van der Waals surface area contributed by atoms with Crippen molar-refractivity contribution in [2.75, 3.05) is 10.6 Å². The number of carboxylic acid groups (broad SMARTS) is 1. The molecule has 0 saturated carbocycles. The summed E-state index contributed by atoms with van der Waals surface area (Å²) in [6, 6.07) is 8.16. The molecule has 1 heterocycles. The predicted molar refractivity (Wildman–Crippen MR) is 110 cm³/mol. The molecule has 3 N–H and O–H groups in total. The Morgan fingerprint density at radius 2 is 1.84 bits per heavy atom. The van der Waals surface area contributed by atoms with Gasteiger partial charge in [0.05, 0.1) is 18.3 Å². The maximum atomic E-state index is 12.7. The third kappa shape index (κ3) is 5.91. The lowest BCUT2D eigenvalue weighted by molar-refractivity contribution is -0.137. The highest BCUT2D eigenvalue weighted by atomic mass is 35.5. The summed E-state index contributed by atoms with van der Waals surface area (Å²) >= 11 is 5.88. The standard InChI is InChI=1S/C20H16ClF3N4O4/c1-11-8-14(21)6-7-15(11)25-17(29)26-16-10-28(18(27-16)32-19(30)31)9-12-2-4-13(5-3-12)20(22,23)24/h2-8,10H,9H2,1H3,(H,30,31)(H2,25,26,29). The van der Waals surface area contributed by atoms with Gasteiger partial charge in [-0.3, -0.25) is 9.88 Å². The van der Waals surface area contributed by atoms with E-state index in [0.29, 0.717) is 16.3 Å². The summed E-state index contributed by atoms with van der Waals surface area (Å²) in [5.74, 6) is -0.0303. The van der Waals surface area contributed by atoms with E-state index < -0.39 is 23.9 Å². The molecule has 0 aliphatic heterocycles. The minimum absolute atomic E-state index is 0.0303. The maximum Gasteiger partial charge on any atom is 0.513 e. The summed E-state index contributed by atoms with van der Waals surface area (Å²) in [7, 11) is 0. The topological polar surface area (TPSA) is 105 Å². The van der Waals surface area contributed by atoms with Crippen LogP contribution < -0.4 is 15.4 Å². The number of halogens is 4. The number of benzene rings is 2. The van der Waals surface area contributed by atoms with Crippen molar-refractivity contribution in [2.24, 2.45) is 0 Å². The van der Waals surface area contributed by atoms with Crippen LogP contribution in [-0.4, -0.2) is 26.8 Å². The monoisotopic (exact) mass is 468 g/mol. The number of aromatic nitrogens is 2. The molecule has 0 aliphatic rings. The number of ether oxygens (including phenoxy) is 1. The summed E-state index contributed by atoms with van der Waals surface area (Å²) in [6.07, 6.45) is -4.82. The average molecular weight is 469 g/mol. The number of amides is 2. The minimum Gasteiger partial charge on any atom is -0.449 e. The van der Waals surface area contributed by atoms with Crippen molar-refractivity contribution in [3.8, 4) is 6.01 Å². The average Bonchev–Trinajstić information content (AvgIpc) is 3.03. The molecule has 2 amide bonds. The Bertz CT molecular complexity index is 1150. The van der Waals surface area contributed by atoms with Gasteiger partial charge in [0.2, 0.25) is 0 Å². The highest BCUT2D eigenvalue weighted by Gasteiger charge is 2.30. The van der Waals surface area contributed by atoms with Crippen LogP contribution in [0.4, 0.5) is 34.3 Å². The van der Waals surface area contributed by atoms with Crippen LogP contribution in [0.1, 0.15) is 16.7 Å². The molecule has 0 spiro atoms. The lowest BCUT2D eigenvalue weighted by Gasteiger charge is -2.09. The molecule has 3 rings (SSSR count). The molecule has 0 unspecified atom stereocenters. The highest BCUT2D eigenvalue weighted by Crippen LogP contribution is 2.29. The van der Waals surface area contributed by atoms with Crippen LogP contribution >= 0.6 is 11.6 Å². The highest BCUT2D eigenvalue weighted by molar-refractivity contribution is 6.30. The SMILES string of the molecule is Cc1cc(Cl)ccc1NC(=O)Nc1cn(Cc2ccc(C(F)(F)F)cc2)c(OC(=O)O)n1. The number of alkyl halides is 3. The van der Waals surface area contributed by atoms with E-state index in [2.05, 4.69) is 20.4 Å². The number of imidazole rings is 1. The molecule has 168 valence electrons. The second-order valence-electron chi connectivity index (χ2n) is 6.64. The van der Waals surface area contributed by atoms with Crippen LogP contribution in [0.3, 0.4) is 0 Å². The second-order valence-corrected chi connectivity index (χ2v) is 7.07. The van der Waals surface area contributed by atoms with Gasteiger partial charge in [0, 0.05) is 10.7 Å². The van der Waals surface area contributed by atoms with E-state index in [1.807, 2.05) is 0 Å². The zero-order valence-electron chi connectivity index (χ0n) is 16.4. The lowest BCUT2D eigenvalue weighted by atomic mass is 10.1. The molecular formula is C20H16ClF3N4O4. The summed E-state index contributed by atoms with van der Waals surface area (Å²) in [5, 5.41) is 14.5. The maximum absolute atomic E-state index is 12.7. The molecule has 0 fully saturated rings. The van der Waals surface area contributed by atoms with Crippen molar-refractivity contribution >= 4 is 35.3 Å². The smallest absolute Gasteiger partial charge is 0.449 e. The van der Waals surface area contributed by atoms with Crippen molar-refractivity contribution in [3.63, 3.8) is 0 Å². The molecule has 0 bridgehead atoms. The van der Waals surface area contributed by atoms with Crippen LogP contribution in [-0.2, 0) is 12.7 Å². The minimum atomic E-state index is -4.47. The molecule has 2 aromatic carbocycles.